The highest BCUT2D eigenvalue weighted by molar-refractivity contribution is 7.80. The lowest BCUT2D eigenvalue weighted by molar-refractivity contribution is 0.269. The molecule has 0 radical (unpaired) electrons. The first-order chi connectivity index (χ1) is 10.1. The van der Waals surface area contributed by atoms with Gasteiger partial charge in [-0.05, 0) is 42.8 Å². The van der Waals surface area contributed by atoms with Gasteiger partial charge < -0.3 is 15.2 Å². The van der Waals surface area contributed by atoms with Gasteiger partial charge in [-0.1, -0.05) is 24.4 Å². The summed E-state index contributed by atoms with van der Waals surface area (Å²) in [6.07, 6.45) is 0. The van der Waals surface area contributed by atoms with E-state index in [1.165, 1.54) is 12.1 Å². The Hall–Kier alpha value is -2.14. The number of rotatable bonds is 6. The van der Waals surface area contributed by atoms with Gasteiger partial charge in [-0.15, -0.1) is 0 Å². The van der Waals surface area contributed by atoms with Crippen LogP contribution in [0.5, 0.6) is 11.5 Å². The minimum Gasteiger partial charge on any atom is -0.490 e. The zero-order valence-corrected chi connectivity index (χ0v) is 12.5. The van der Waals surface area contributed by atoms with Gasteiger partial charge in [0.05, 0.1) is 6.61 Å². The summed E-state index contributed by atoms with van der Waals surface area (Å²) in [5.41, 5.74) is 7.20. The molecular weight excluding hydrogens is 289 g/mol. The quantitative estimate of drug-likeness (QED) is 0.830. The van der Waals surface area contributed by atoms with Crippen molar-refractivity contribution in [2.75, 3.05) is 6.61 Å². The lowest BCUT2D eigenvalue weighted by Crippen LogP contribution is -2.10. The zero-order chi connectivity index (χ0) is 15.2. The molecule has 0 aliphatic rings. The average Bonchev–Trinajstić information content (AvgIpc) is 2.47. The van der Waals surface area contributed by atoms with Gasteiger partial charge in [-0.2, -0.15) is 0 Å². The molecule has 0 fully saturated rings. The topological polar surface area (TPSA) is 44.5 Å². The van der Waals surface area contributed by atoms with Crippen LogP contribution in [0.3, 0.4) is 0 Å². The van der Waals surface area contributed by atoms with Crippen LogP contribution in [0, 0.1) is 5.82 Å². The van der Waals surface area contributed by atoms with Gasteiger partial charge in [0, 0.05) is 5.56 Å². The number of nitrogens with two attached hydrogens (primary N) is 1. The van der Waals surface area contributed by atoms with Crippen molar-refractivity contribution in [1.29, 1.82) is 0 Å². The molecule has 0 amide bonds. The molecule has 0 bridgehead atoms. The fourth-order valence-electron chi connectivity index (χ4n) is 1.79. The normalized spacial score (nSPS) is 10.2. The van der Waals surface area contributed by atoms with Crippen molar-refractivity contribution >= 4 is 17.2 Å². The number of hydrogen-bond acceptors (Lipinski definition) is 3. The highest BCUT2D eigenvalue weighted by Crippen LogP contribution is 2.29. The highest BCUT2D eigenvalue weighted by Gasteiger charge is 2.08. The van der Waals surface area contributed by atoms with Gasteiger partial charge in [0.25, 0.3) is 0 Å². The minimum atomic E-state index is -0.269. The van der Waals surface area contributed by atoms with Crippen molar-refractivity contribution in [3.63, 3.8) is 0 Å². The van der Waals surface area contributed by atoms with E-state index in [1.807, 2.05) is 6.92 Å². The Labute approximate surface area is 128 Å². The molecule has 0 unspecified atom stereocenters. The first kappa shape index (κ1) is 15.3. The largest absolute Gasteiger partial charge is 0.490 e. The predicted octanol–water partition coefficient (Wildman–Crippen LogP) is 3.44. The fraction of sp³-hybridized carbons (Fsp3) is 0.188. The molecule has 0 aromatic heterocycles. The smallest absolute Gasteiger partial charge is 0.161 e. The van der Waals surface area contributed by atoms with Gasteiger partial charge in [0.1, 0.15) is 17.4 Å². The molecule has 2 aromatic rings. The Balaban J connectivity index is 2.14. The van der Waals surface area contributed by atoms with Crippen LogP contribution in [0.2, 0.25) is 0 Å². The molecule has 5 heteroatoms. The van der Waals surface area contributed by atoms with Gasteiger partial charge >= 0.3 is 0 Å². The molecule has 110 valence electrons. The predicted molar refractivity (Wildman–Crippen MR) is 84.2 cm³/mol. The summed E-state index contributed by atoms with van der Waals surface area (Å²) in [5.74, 6) is 0.917. The SMILES string of the molecule is CCOc1cc(C(N)=S)ccc1OCc1ccc(F)cc1. The van der Waals surface area contributed by atoms with Gasteiger partial charge in [0.15, 0.2) is 11.5 Å². The summed E-state index contributed by atoms with van der Waals surface area (Å²) in [6, 6.07) is 11.5. The van der Waals surface area contributed by atoms with E-state index < -0.39 is 0 Å². The molecule has 0 aliphatic carbocycles. The number of ether oxygens (including phenoxy) is 2. The maximum atomic E-state index is 12.8. The molecule has 0 spiro atoms. The van der Waals surface area contributed by atoms with Crippen molar-refractivity contribution < 1.29 is 13.9 Å². The molecule has 0 saturated heterocycles. The molecule has 0 aliphatic heterocycles. The first-order valence-corrected chi connectivity index (χ1v) is 6.95. The molecule has 3 nitrogen and oxygen atoms in total. The van der Waals surface area contributed by atoms with Crippen LogP contribution in [0.15, 0.2) is 42.5 Å². The lowest BCUT2D eigenvalue weighted by atomic mass is 10.2. The van der Waals surface area contributed by atoms with E-state index in [2.05, 4.69) is 0 Å². The Morgan fingerprint density at radius 2 is 1.81 bits per heavy atom. The molecule has 2 rings (SSSR count). The van der Waals surface area contributed by atoms with Gasteiger partial charge in [-0.3, -0.25) is 0 Å². The van der Waals surface area contributed by atoms with Crippen molar-refractivity contribution in [2.24, 2.45) is 5.73 Å². The molecular formula is C16H16FNO2S. The summed E-state index contributed by atoms with van der Waals surface area (Å²) in [7, 11) is 0. The maximum Gasteiger partial charge on any atom is 0.161 e. The molecule has 0 heterocycles. The van der Waals surface area contributed by atoms with E-state index in [9.17, 15) is 4.39 Å². The Kier molecular flexibility index (Phi) is 5.11. The molecule has 2 N–H and O–H groups in total. The number of hydrogen-bond donors (Lipinski definition) is 1. The molecule has 2 aromatic carbocycles. The third-order valence-electron chi connectivity index (χ3n) is 2.84. The monoisotopic (exact) mass is 305 g/mol. The second-order valence-corrected chi connectivity index (χ2v) is 4.81. The average molecular weight is 305 g/mol. The Bertz CT molecular complexity index is 629. The Morgan fingerprint density at radius 1 is 1.10 bits per heavy atom. The van der Waals surface area contributed by atoms with Crippen LogP contribution in [-0.2, 0) is 6.61 Å². The van der Waals surface area contributed by atoms with Crippen LogP contribution in [0.1, 0.15) is 18.1 Å². The molecule has 0 atom stereocenters. The highest BCUT2D eigenvalue weighted by atomic mass is 32.1. The van der Waals surface area contributed by atoms with Crippen LogP contribution in [0.25, 0.3) is 0 Å². The van der Waals surface area contributed by atoms with Crippen LogP contribution < -0.4 is 15.2 Å². The summed E-state index contributed by atoms with van der Waals surface area (Å²) in [5, 5.41) is 0. The first-order valence-electron chi connectivity index (χ1n) is 6.54. The summed E-state index contributed by atoms with van der Waals surface area (Å²) in [6.45, 7) is 2.72. The second-order valence-electron chi connectivity index (χ2n) is 4.37. The standard InChI is InChI=1S/C16H16FNO2S/c1-2-19-15-9-12(16(18)21)5-8-14(15)20-10-11-3-6-13(17)7-4-11/h3-9H,2,10H2,1H3,(H2,18,21). The van der Waals surface area contributed by atoms with Crippen LogP contribution in [0.4, 0.5) is 4.39 Å². The summed E-state index contributed by atoms with van der Waals surface area (Å²) < 4.78 is 24.1. The van der Waals surface area contributed by atoms with Crippen LogP contribution in [-0.4, -0.2) is 11.6 Å². The number of benzene rings is 2. The fourth-order valence-corrected chi connectivity index (χ4v) is 1.92. The van der Waals surface area contributed by atoms with Crippen molar-refractivity contribution in [1.82, 2.24) is 0 Å². The lowest BCUT2D eigenvalue weighted by Gasteiger charge is -2.13. The van der Waals surface area contributed by atoms with E-state index in [1.54, 1.807) is 30.3 Å². The third-order valence-corrected chi connectivity index (χ3v) is 3.07. The van der Waals surface area contributed by atoms with E-state index in [0.717, 1.165) is 11.1 Å². The van der Waals surface area contributed by atoms with Gasteiger partial charge in [-0.25, -0.2) is 4.39 Å². The number of thiocarbonyl (C=S) groups is 1. The molecule has 0 saturated carbocycles. The van der Waals surface area contributed by atoms with E-state index in [0.29, 0.717) is 29.7 Å². The van der Waals surface area contributed by atoms with Crippen molar-refractivity contribution in [2.45, 2.75) is 13.5 Å². The second kappa shape index (κ2) is 7.04. The summed E-state index contributed by atoms with van der Waals surface area (Å²) >= 11 is 4.95. The van der Waals surface area contributed by atoms with Gasteiger partial charge in [0.2, 0.25) is 0 Å². The van der Waals surface area contributed by atoms with Crippen molar-refractivity contribution in [3.8, 4) is 11.5 Å². The minimum absolute atomic E-state index is 0.269. The van der Waals surface area contributed by atoms with Crippen LogP contribution >= 0.6 is 12.2 Å². The summed E-state index contributed by atoms with van der Waals surface area (Å²) in [4.78, 5) is 0.307. The van der Waals surface area contributed by atoms with Crippen molar-refractivity contribution in [3.05, 3.63) is 59.4 Å². The number of halogens is 1. The zero-order valence-electron chi connectivity index (χ0n) is 11.6. The van der Waals surface area contributed by atoms with E-state index in [4.69, 9.17) is 27.4 Å². The maximum absolute atomic E-state index is 12.8. The third kappa shape index (κ3) is 4.16. The van der Waals surface area contributed by atoms with E-state index >= 15 is 0 Å². The Morgan fingerprint density at radius 3 is 2.43 bits per heavy atom. The molecule has 21 heavy (non-hydrogen) atoms. The van der Waals surface area contributed by atoms with E-state index in [-0.39, 0.29) is 5.82 Å².